The molecule has 0 saturated carbocycles. The monoisotopic (exact) mass is 599 g/mol. The third-order valence-electron chi connectivity index (χ3n) is 6.92. The molecule has 0 bridgehead atoms. The van der Waals surface area contributed by atoms with E-state index >= 15 is 0 Å². The van der Waals surface area contributed by atoms with Crippen molar-refractivity contribution in [3.8, 4) is 11.8 Å². The predicted molar refractivity (Wildman–Crippen MR) is 174 cm³/mol. The highest BCUT2D eigenvalue weighted by molar-refractivity contribution is 8.76. The van der Waals surface area contributed by atoms with Crippen molar-refractivity contribution >= 4 is 45.0 Å². The highest BCUT2D eigenvalue weighted by atomic mass is 33.1. The Bertz CT molecular complexity index is 1450. The number of nitrogens with zero attached hydrogens (tertiary/aromatic N) is 1. The van der Waals surface area contributed by atoms with Crippen LogP contribution in [0.5, 0.6) is 0 Å². The molecular formula is C34H37N3O3S2. The molecule has 0 spiro atoms. The molecule has 0 radical (unpaired) electrons. The molecule has 3 aromatic rings. The first-order valence-corrected chi connectivity index (χ1v) is 16.8. The second kappa shape index (κ2) is 16.1. The number of hydrogen-bond acceptors (Lipinski definition) is 5. The van der Waals surface area contributed by atoms with E-state index < -0.39 is 0 Å². The largest absolute Gasteiger partial charge is 0.355 e. The molecule has 42 heavy (non-hydrogen) atoms. The number of unbranched alkanes of at least 4 members (excludes halogenated alkanes) is 1. The lowest BCUT2D eigenvalue weighted by Crippen LogP contribution is -2.31. The lowest BCUT2D eigenvalue weighted by molar-refractivity contribution is -0.122. The first-order chi connectivity index (χ1) is 20.5. The van der Waals surface area contributed by atoms with Crippen molar-refractivity contribution in [3.05, 3.63) is 101 Å². The third-order valence-corrected chi connectivity index (χ3v) is 9.76. The van der Waals surface area contributed by atoms with Crippen molar-refractivity contribution in [2.75, 3.05) is 23.7 Å². The molecule has 2 N–H and O–H groups in total. The highest BCUT2D eigenvalue weighted by Crippen LogP contribution is 2.37. The summed E-state index contributed by atoms with van der Waals surface area (Å²) >= 11 is 0. The number of para-hydroxylation sites is 1. The fourth-order valence-corrected chi connectivity index (χ4v) is 6.84. The summed E-state index contributed by atoms with van der Waals surface area (Å²) < 4.78 is 0. The van der Waals surface area contributed by atoms with E-state index in [1.807, 2.05) is 84.6 Å². The fraction of sp³-hybridized carbons (Fsp3) is 0.324. The molecule has 3 amide bonds. The molecule has 0 aromatic heterocycles. The van der Waals surface area contributed by atoms with Crippen LogP contribution in [0, 0.1) is 11.8 Å². The van der Waals surface area contributed by atoms with E-state index in [4.69, 9.17) is 0 Å². The Morgan fingerprint density at radius 2 is 1.57 bits per heavy atom. The van der Waals surface area contributed by atoms with Crippen LogP contribution in [0.2, 0.25) is 0 Å². The van der Waals surface area contributed by atoms with Crippen LogP contribution in [-0.4, -0.2) is 36.6 Å². The Kier molecular flexibility index (Phi) is 12.0. The smallest absolute Gasteiger partial charge is 0.251 e. The Labute approximate surface area is 256 Å². The predicted octanol–water partition coefficient (Wildman–Crippen LogP) is 6.50. The standard InChI is InChI=1S/C34H37N3O3S2/c1-3-35-34(40)29-20-16-26(17-21-29)25(2)42-41-23-22-36-32(38)14-8-9-15-33(39)37-24-30-12-5-4-10-27(30)18-19-28-11-6-7-13-31(28)37/h4-7,10-13,16-17,20-21,25H,3,8-9,14-15,22-24H2,1-2H3,(H,35,40)(H,36,38). The van der Waals surface area contributed by atoms with E-state index in [0.717, 1.165) is 33.7 Å². The maximum Gasteiger partial charge on any atom is 0.251 e. The third kappa shape index (κ3) is 8.91. The molecular weight excluding hydrogens is 563 g/mol. The van der Waals surface area contributed by atoms with Crippen LogP contribution >= 0.6 is 21.6 Å². The van der Waals surface area contributed by atoms with Gasteiger partial charge in [0.1, 0.15) is 0 Å². The summed E-state index contributed by atoms with van der Waals surface area (Å²) in [6.45, 7) is 5.73. The molecule has 1 aliphatic rings. The molecule has 1 atom stereocenters. The molecule has 0 aliphatic carbocycles. The molecule has 8 heteroatoms. The molecule has 0 fully saturated rings. The zero-order valence-electron chi connectivity index (χ0n) is 24.2. The fourth-order valence-electron chi connectivity index (χ4n) is 4.60. The molecule has 1 heterocycles. The molecule has 1 aliphatic heterocycles. The van der Waals surface area contributed by atoms with Crippen molar-refractivity contribution in [2.24, 2.45) is 0 Å². The van der Waals surface area contributed by atoms with Gasteiger partial charge in [0, 0.05) is 53.6 Å². The minimum absolute atomic E-state index is 0.0165. The second-order valence-electron chi connectivity index (χ2n) is 10.0. The number of rotatable bonds is 13. The van der Waals surface area contributed by atoms with Crippen LogP contribution in [0.15, 0.2) is 72.8 Å². The number of anilines is 1. The number of fused-ring (bicyclic) bond motifs is 2. The van der Waals surface area contributed by atoms with E-state index in [1.165, 1.54) is 0 Å². The number of hydrogen-bond donors (Lipinski definition) is 2. The van der Waals surface area contributed by atoms with Gasteiger partial charge in [-0.05, 0) is 68.1 Å². The van der Waals surface area contributed by atoms with Gasteiger partial charge in [-0.2, -0.15) is 0 Å². The molecule has 218 valence electrons. The summed E-state index contributed by atoms with van der Waals surface area (Å²) in [5.41, 5.74) is 5.49. The first-order valence-electron chi connectivity index (χ1n) is 14.4. The first kappa shape index (κ1) is 31.3. The van der Waals surface area contributed by atoms with Gasteiger partial charge in [0.25, 0.3) is 5.91 Å². The summed E-state index contributed by atoms with van der Waals surface area (Å²) in [5, 5.41) is 6.07. The molecule has 3 aromatic carbocycles. The molecule has 6 nitrogen and oxygen atoms in total. The Balaban J connectivity index is 1.14. The van der Waals surface area contributed by atoms with Gasteiger partial charge in [-0.25, -0.2) is 0 Å². The number of carbonyl (C=O) groups is 3. The van der Waals surface area contributed by atoms with Crippen molar-refractivity contribution in [2.45, 2.75) is 51.3 Å². The van der Waals surface area contributed by atoms with Gasteiger partial charge in [0.05, 0.1) is 12.2 Å². The summed E-state index contributed by atoms with van der Waals surface area (Å²) in [6, 6.07) is 23.4. The zero-order valence-corrected chi connectivity index (χ0v) is 25.8. The van der Waals surface area contributed by atoms with Crippen LogP contribution in [0.4, 0.5) is 5.69 Å². The second-order valence-corrected chi connectivity index (χ2v) is 12.8. The van der Waals surface area contributed by atoms with Crippen LogP contribution in [0.3, 0.4) is 0 Å². The maximum absolute atomic E-state index is 13.3. The van der Waals surface area contributed by atoms with E-state index in [0.29, 0.717) is 50.9 Å². The molecule has 1 unspecified atom stereocenters. The minimum Gasteiger partial charge on any atom is -0.355 e. The van der Waals surface area contributed by atoms with E-state index in [2.05, 4.69) is 29.4 Å². The van der Waals surface area contributed by atoms with Gasteiger partial charge < -0.3 is 15.5 Å². The van der Waals surface area contributed by atoms with Crippen LogP contribution in [0.1, 0.15) is 77.4 Å². The van der Waals surface area contributed by atoms with Gasteiger partial charge in [-0.3, -0.25) is 14.4 Å². The van der Waals surface area contributed by atoms with E-state index in [1.54, 1.807) is 21.6 Å². The zero-order chi connectivity index (χ0) is 29.7. The number of benzene rings is 3. The average Bonchev–Trinajstić information content (AvgIpc) is 3.00. The van der Waals surface area contributed by atoms with Gasteiger partial charge in [0.15, 0.2) is 0 Å². The average molecular weight is 600 g/mol. The van der Waals surface area contributed by atoms with Gasteiger partial charge >= 0.3 is 0 Å². The SMILES string of the molecule is CCNC(=O)c1ccc(C(C)SSCCNC(=O)CCCCC(=O)N2Cc3ccccc3C#Cc3ccccc32)cc1. The number of nitrogens with one attached hydrogen (secondary N) is 2. The minimum atomic E-state index is -0.0545. The lowest BCUT2D eigenvalue weighted by Gasteiger charge is -2.26. The van der Waals surface area contributed by atoms with Gasteiger partial charge in [0.2, 0.25) is 11.8 Å². The normalized spacial score (nSPS) is 12.5. The van der Waals surface area contributed by atoms with Crippen molar-refractivity contribution < 1.29 is 14.4 Å². The van der Waals surface area contributed by atoms with Crippen LogP contribution in [-0.2, 0) is 16.1 Å². The summed E-state index contributed by atoms with van der Waals surface area (Å²) in [6.07, 6.45) is 2.10. The van der Waals surface area contributed by atoms with Gasteiger partial charge in [-0.15, -0.1) is 0 Å². The highest BCUT2D eigenvalue weighted by Gasteiger charge is 2.21. The molecule has 4 rings (SSSR count). The van der Waals surface area contributed by atoms with Crippen molar-refractivity contribution in [3.63, 3.8) is 0 Å². The van der Waals surface area contributed by atoms with Crippen LogP contribution < -0.4 is 15.5 Å². The number of amides is 3. The van der Waals surface area contributed by atoms with Crippen molar-refractivity contribution in [1.82, 2.24) is 10.6 Å². The van der Waals surface area contributed by atoms with Crippen molar-refractivity contribution in [1.29, 1.82) is 0 Å². The maximum atomic E-state index is 13.3. The van der Waals surface area contributed by atoms with Crippen LogP contribution in [0.25, 0.3) is 0 Å². The quantitative estimate of drug-likeness (QED) is 0.133. The number of carbonyl (C=O) groups excluding carboxylic acids is 3. The lowest BCUT2D eigenvalue weighted by atomic mass is 10.0. The Morgan fingerprint density at radius 1 is 0.881 bits per heavy atom. The van der Waals surface area contributed by atoms with E-state index in [-0.39, 0.29) is 23.0 Å². The Hall–Kier alpha value is -3.67. The molecule has 0 saturated heterocycles. The summed E-state index contributed by atoms with van der Waals surface area (Å²) in [5.74, 6) is 7.28. The Morgan fingerprint density at radius 3 is 2.36 bits per heavy atom. The van der Waals surface area contributed by atoms with E-state index in [9.17, 15) is 14.4 Å². The summed E-state index contributed by atoms with van der Waals surface area (Å²) in [4.78, 5) is 39.4. The topological polar surface area (TPSA) is 78.5 Å². The van der Waals surface area contributed by atoms with Gasteiger partial charge in [-0.1, -0.05) is 75.9 Å². The summed E-state index contributed by atoms with van der Waals surface area (Å²) in [7, 11) is 3.47.